The fraction of sp³-hybridized carbons (Fsp3) is 0.500. The highest BCUT2D eigenvalue weighted by Crippen LogP contribution is 2.17. The van der Waals surface area contributed by atoms with Crippen LogP contribution < -0.4 is 5.32 Å². The Bertz CT molecular complexity index is 935. The zero-order chi connectivity index (χ0) is 18.9. The third-order valence-electron chi connectivity index (χ3n) is 4.88. The molecule has 1 fully saturated rings. The predicted octanol–water partition coefficient (Wildman–Crippen LogP) is 1.79. The summed E-state index contributed by atoms with van der Waals surface area (Å²) in [5.74, 6) is -0.0511. The second-order valence-corrected chi connectivity index (χ2v) is 8.90. The van der Waals surface area contributed by atoms with Crippen molar-refractivity contribution in [2.45, 2.75) is 39.7 Å². The number of piperidine rings is 1. The monoisotopic (exact) mass is 376 g/mol. The molecule has 1 amide bonds. The minimum atomic E-state index is -3.15. The number of aryl methyl sites for hydroxylation is 2. The van der Waals surface area contributed by atoms with Gasteiger partial charge in [0, 0.05) is 24.7 Å². The number of fused-ring (bicyclic) bond motifs is 1. The molecule has 7 nitrogen and oxygen atoms in total. The molecule has 1 aromatic heterocycles. The molecule has 8 heteroatoms. The number of nitrogens with one attached hydrogen (secondary N) is 1. The average molecular weight is 376 g/mol. The smallest absolute Gasteiger partial charge is 0.251 e. The lowest BCUT2D eigenvalue weighted by atomic mass is 10.1. The summed E-state index contributed by atoms with van der Waals surface area (Å²) in [6.45, 7) is 6.35. The van der Waals surface area contributed by atoms with Gasteiger partial charge in [-0.05, 0) is 51.8 Å². The molecule has 0 unspecified atom stereocenters. The van der Waals surface area contributed by atoms with Crippen molar-refractivity contribution < 1.29 is 13.2 Å². The van der Waals surface area contributed by atoms with Crippen molar-refractivity contribution in [3.8, 4) is 0 Å². The van der Waals surface area contributed by atoms with Gasteiger partial charge in [0.1, 0.15) is 0 Å². The van der Waals surface area contributed by atoms with E-state index >= 15 is 0 Å². The Hall–Kier alpha value is -2.06. The molecule has 2 aromatic rings. The van der Waals surface area contributed by atoms with E-state index in [9.17, 15) is 13.2 Å². The van der Waals surface area contributed by atoms with Crippen LogP contribution in [0.25, 0.3) is 11.0 Å². The van der Waals surface area contributed by atoms with Crippen LogP contribution >= 0.6 is 0 Å². The average Bonchev–Trinajstić information content (AvgIpc) is 2.62. The first kappa shape index (κ1) is 18.7. The topological polar surface area (TPSA) is 92.3 Å². The first-order valence-corrected chi connectivity index (χ1v) is 10.4. The number of carbonyl (C=O) groups excluding carboxylic acids is 1. The van der Waals surface area contributed by atoms with Gasteiger partial charge in [-0.15, -0.1) is 0 Å². The molecule has 0 radical (unpaired) electrons. The van der Waals surface area contributed by atoms with Crippen LogP contribution in [0.15, 0.2) is 18.2 Å². The van der Waals surface area contributed by atoms with Crippen LogP contribution in [0.1, 0.15) is 41.5 Å². The fourth-order valence-corrected chi connectivity index (χ4v) is 4.23. The van der Waals surface area contributed by atoms with Crippen molar-refractivity contribution in [2.75, 3.05) is 18.8 Å². The van der Waals surface area contributed by atoms with Crippen LogP contribution in [0, 0.1) is 13.8 Å². The summed E-state index contributed by atoms with van der Waals surface area (Å²) in [5, 5.41) is 3.01. The molecule has 1 aliphatic heterocycles. The van der Waals surface area contributed by atoms with Gasteiger partial charge in [0.25, 0.3) is 5.91 Å². The number of hydrogen-bond donors (Lipinski definition) is 1. The molecule has 1 aromatic carbocycles. The second kappa shape index (κ2) is 7.28. The molecule has 1 N–H and O–H groups in total. The van der Waals surface area contributed by atoms with E-state index in [0.717, 1.165) is 16.9 Å². The van der Waals surface area contributed by atoms with Crippen LogP contribution in [-0.2, 0) is 10.0 Å². The number of aromatic nitrogens is 2. The predicted molar refractivity (Wildman–Crippen MR) is 101 cm³/mol. The minimum Gasteiger partial charge on any atom is -0.349 e. The Morgan fingerprint density at radius 3 is 2.38 bits per heavy atom. The lowest BCUT2D eigenvalue weighted by Crippen LogP contribution is -2.46. The zero-order valence-electron chi connectivity index (χ0n) is 15.3. The molecule has 140 valence electrons. The summed E-state index contributed by atoms with van der Waals surface area (Å²) in [5.41, 5.74) is 3.73. The molecule has 0 aliphatic carbocycles. The quantitative estimate of drug-likeness (QED) is 0.878. The summed E-state index contributed by atoms with van der Waals surface area (Å²) in [6, 6.07) is 5.28. The summed E-state index contributed by atoms with van der Waals surface area (Å²) < 4.78 is 25.3. The molecule has 2 heterocycles. The van der Waals surface area contributed by atoms with E-state index in [1.54, 1.807) is 25.1 Å². The van der Waals surface area contributed by atoms with Crippen LogP contribution in [0.3, 0.4) is 0 Å². The van der Waals surface area contributed by atoms with Crippen LogP contribution in [0.2, 0.25) is 0 Å². The van der Waals surface area contributed by atoms with Gasteiger partial charge in [0.2, 0.25) is 10.0 Å². The lowest BCUT2D eigenvalue weighted by molar-refractivity contribution is 0.0924. The maximum Gasteiger partial charge on any atom is 0.251 e. The summed E-state index contributed by atoms with van der Waals surface area (Å²) in [4.78, 5) is 21.5. The van der Waals surface area contributed by atoms with E-state index in [4.69, 9.17) is 0 Å². The van der Waals surface area contributed by atoms with Gasteiger partial charge in [-0.3, -0.25) is 4.79 Å². The van der Waals surface area contributed by atoms with Gasteiger partial charge in [-0.25, -0.2) is 22.7 Å². The molecular weight excluding hydrogens is 352 g/mol. The third kappa shape index (κ3) is 3.86. The first-order chi connectivity index (χ1) is 12.3. The number of amides is 1. The number of rotatable bonds is 4. The first-order valence-electron chi connectivity index (χ1n) is 8.84. The van der Waals surface area contributed by atoms with E-state index in [1.165, 1.54) is 4.31 Å². The molecular formula is C18H24N4O3S. The van der Waals surface area contributed by atoms with Crippen LogP contribution in [-0.4, -0.2) is 53.5 Å². The third-order valence-corrected chi connectivity index (χ3v) is 6.77. The van der Waals surface area contributed by atoms with Crippen molar-refractivity contribution in [1.82, 2.24) is 19.6 Å². The van der Waals surface area contributed by atoms with E-state index < -0.39 is 10.0 Å². The van der Waals surface area contributed by atoms with Gasteiger partial charge in [-0.1, -0.05) is 0 Å². The lowest BCUT2D eigenvalue weighted by Gasteiger charge is -2.31. The van der Waals surface area contributed by atoms with E-state index in [0.29, 0.717) is 37.0 Å². The summed E-state index contributed by atoms with van der Waals surface area (Å²) in [7, 11) is -3.15. The number of benzene rings is 1. The highest BCUT2D eigenvalue weighted by molar-refractivity contribution is 7.89. The van der Waals surface area contributed by atoms with Crippen LogP contribution in [0.5, 0.6) is 0 Å². The Balaban J connectivity index is 1.67. The summed E-state index contributed by atoms with van der Waals surface area (Å²) in [6.07, 6.45) is 1.24. The maximum absolute atomic E-state index is 12.6. The van der Waals surface area contributed by atoms with Crippen molar-refractivity contribution in [2.24, 2.45) is 0 Å². The van der Waals surface area contributed by atoms with E-state index in [-0.39, 0.29) is 17.7 Å². The largest absolute Gasteiger partial charge is 0.349 e. The SMILES string of the molecule is CCS(=O)(=O)N1CCC(NC(=O)c2ccc3nc(C)c(C)nc3c2)CC1. The highest BCUT2D eigenvalue weighted by Gasteiger charge is 2.27. The van der Waals surface area contributed by atoms with E-state index in [1.807, 2.05) is 13.8 Å². The number of carbonyl (C=O) groups is 1. The Morgan fingerprint density at radius 2 is 1.77 bits per heavy atom. The van der Waals surface area contributed by atoms with Gasteiger partial charge >= 0.3 is 0 Å². The van der Waals surface area contributed by atoms with Gasteiger partial charge in [0.05, 0.1) is 28.2 Å². The second-order valence-electron chi connectivity index (χ2n) is 6.65. The standard InChI is InChI=1S/C18H24N4O3S/c1-4-26(24,25)22-9-7-15(8-10-22)21-18(23)14-5-6-16-17(11-14)20-13(3)12(2)19-16/h5-6,11,15H,4,7-10H2,1-3H3,(H,21,23). The molecule has 1 saturated heterocycles. The Kier molecular flexibility index (Phi) is 5.24. The van der Waals surface area contributed by atoms with E-state index in [2.05, 4.69) is 15.3 Å². The zero-order valence-corrected chi connectivity index (χ0v) is 16.1. The number of hydrogen-bond acceptors (Lipinski definition) is 5. The molecule has 1 aliphatic rings. The highest BCUT2D eigenvalue weighted by atomic mass is 32.2. The van der Waals surface area contributed by atoms with Crippen molar-refractivity contribution in [3.63, 3.8) is 0 Å². The van der Waals surface area contributed by atoms with Crippen molar-refractivity contribution in [3.05, 3.63) is 35.2 Å². The molecule has 0 spiro atoms. The molecule has 26 heavy (non-hydrogen) atoms. The van der Waals surface area contributed by atoms with Crippen molar-refractivity contribution in [1.29, 1.82) is 0 Å². The molecule has 0 bridgehead atoms. The minimum absolute atomic E-state index is 0.0210. The summed E-state index contributed by atoms with van der Waals surface area (Å²) >= 11 is 0. The fourth-order valence-electron chi connectivity index (χ4n) is 3.10. The van der Waals surface area contributed by atoms with Gasteiger partial charge in [-0.2, -0.15) is 0 Å². The molecule has 0 saturated carbocycles. The Morgan fingerprint density at radius 1 is 1.15 bits per heavy atom. The normalized spacial score (nSPS) is 16.7. The Labute approximate surface area is 153 Å². The van der Waals surface area contributed by atoms with Crippen LogP contribution in [0.4, 0.5) is 0 Å². The maximum atomic E-state index is 12.6. The van der Waals surface area contributed by atoms with Gasteiger partial charge in [0.15, 0.2) is 0 Å². The molecule has 0 atom stereocenters. The number of sulfonamides is 1. The van der Waals surface area contributed by atoms with Gasteiger partial charge < -0.3 is 5.32 Å². The van der Waals surface area contributed by atoms with Crippen molar-refractivity contribution >= 4 is 27.0 Å². The molecule has 3 rings (SSSR count). The number of nitrogens with zero attached hydrogens (tertiary/aromatic N) is 3.